The number of likely N-dealkylation sites (tertiary alicyclic amines) is 2. The summed E-state index contributed by atoms with van der Waals surface area (Å²) in [5, 5.41) is 3.22. The summed E-state index contributed by atoms with van der Waals surface area (Å²) in [7, 11) is 1.87. The van der Waals surface area contributed by atoms with Gasteiger partial charge in [-0.2, -0.15) is 0 Å². The van der Waals surface area contributed by atoms with E-state index in [0.29, 0.717) is 31.6 Å². The zero-order chi connectivity index (χ0) is 22.8. The first kappa shape index (κ1) is 23.0. The fourth-order valence-electron chi connectivity index (χ4n) is 5.40. The molecule has 8 heteroatoms. The third kappa shape index (κ3) is 4.75. The van der Waals surface area contributed by atoms with E-state index in [1.807, 2.05) is 11.9 Å². The summed E-state index contributed by atoms with van der Waals surface area (Å²) in [5.74, 6) is 2.40. The molecule has 1 aromatic heterocycles. The summed E-state index contributed by atoms with van der Waals surface area (Å²) in [6, 6.07) is 0.551. The minimum Gasteiger partial charge on any atom is -0.373 e. The molecule has 8 nitrogen and oxygen atoms in total. The highest BCUT2D eigenvalue weighted by Gasteiger charge is 2.34. The van der Waals surface area contributed by atoms with Gasteiger partial charge in [0.2, 0.25) is 11.8 Å². The van der Waals surface area contributed by atoms with Crippen LogP contribution in [0, 0.1) is 5.92 Å². The molecule has 3 aliphatic rings. The quantitative estimate of drug-likeness (QED) is 0.770. The predicted molar refractivity (Wildman–Crippen MR) is 124 cm³/mol. The van der Waals surface area contributed by atoms with Gasteiger partial charge in [0.25, 0.3) is 0 Å². The molecule has 176 valence electrons. The maximum Gasteiger partial charge on any atom is 0.225 e. The second-order valence-electron chi connectivity index (χ2n) is 9.82. The van der Waals surface area contributed by atoms with Gasteiger partial charge < -0.3 is 20.0 Å². The van der Waals surface area contributed by atoms with Crippen molar-refractivity contribution >= 4 is 17.6 Å². The Kier molecular flexibility index (Phi) is 6.98. The Balaban J connectivity index is 1.45. The Morgan fingerprint density at radius 1 is 1.03 bits per heavy atom. The van der Waals surface area contributed by atoms with E-state index in [1.165, 1.54) is 0 Å². The number of hydrogen-bond acceptors (Lipinski definition) is 6. The molecular weight excluding hydrogens is 404 g/mol. The van der Waals surface area contributed by atoms with E-state index < -0.39 is 0 Å². The number of amides is 2. The minimum atomic E-state index is 0.0856. The second kappa shape index (κ2) is 9.73. The third-order valence-corrected chi connectivity index (χ3v) is 7.47. The van der Waals surface area contributed by atoms with Gasteiger partial charge in [0, 0.05) is 63.5 Å². The zero-order valence-corrected chi connectivity index (χ0v) is 20.1. The normalized spacial score (nSPS) is 22.7. The van der Waals surface area contributed by atoms with E-state index in [-0.39, 0.29) is 17.7 Å². The maximum absolute atomic E-state index is 13.3. The zero-order valence-electron chi connectivity index (χ0n) is 20.1. The van der Waals surface area contributed by atoms with E-state index in [4.69, 9.17) is 9.97 Å². The highest BCUT2D eigenvalue weighted by molar-refractivity contribution is 5.79. The Morgan fingerprint density at radius 3 is 2.44 bits per heavy atom. The Morgan fingerprint density at radius 2 is 1.78 bits per heavy atom. The Labute approximate surface area is 191 Å². The minimum absolute atomic E-state index is 0.0856. The summed E-state index contributed by atoms with van der Waals surface area (Å²) in [6.07, 6.45) is 4.68. The van der Waals surface area contributed by atoms with E-state index >= 15 is 0 Å². The van der Waals surface area contributed by atoms with Crippen LogP contribution >= 0.6 is 0 Å². The van der Waals surface area contributed by atoms with Gasteiger partial charge in [-0.1, -0.05) is 0 Å². The van der Waals surface area contributed by atoms with E-state index in [9.17, 15) is 9.59 Å². The molecule has 1 atom stereocenters. The summed E-state index contributed by atoms with van der Waals surface area (Å²) in [5.41, 5.74) is 2.07. The summed E-state index contributed by atoms with van der Waals surface area (Å²) >= 11 is 0. The number of nitrogens with one attached hydrogen (secondary N) is 1. The van der Waals surface area contributed by atoms with Crippen molar-refractivity contribution in [3.63, 3.8) is 0 Å². The lowest BCUT2D eigenvalue weighted by Crippen LogP contribution is -2.47. The van der Waals surface area contributed by atoms with Crippen LogP contribution in [-0.4, -0.2) is 82.3 Å². The number of fused-ring (bicyclic) bond motifs is 1. The number of rotatable bonds is 4. The van der Waals surface area contributed by atoms with Crippen molar-refractivity contribution in [1.29, 1.82) is 0 Å². The molecule has 0 aromatic carbocycles. The molecule has 2 saturated heterocycles. The van der Waals surface area contributed by atoms with Crippen molar-refractivity contribution < 1.29 is 9.59 Å². The topological polar surface area (TPSA) is 81.7 Å². The van der Waals surface area contributed by atoms with Crippen LogP contribution in [0.3, 0.4) is 0 Å². The lowest BCUT2D eigenvalue weighted by atomic mass is 9.91. The standard InChI is InChI=1S/C24H38N6O2/c1-16(2)28-11-7-18(8-12-28)24(32)30-10-5-6-19(14-30)22-26-21-9-13-29(17(3)31)15-20(21)23(25-4)27-22/h16,18-19H,5-15H2,1-4H3,(H,25,26,27)/t19-/m0/s1. The largest absolute Gasteiger partial charge is 0.373 e. The van der Waals surface area contributed by atoms with Crippen LogP contribution in [0.2, 0.25) is 0 Å². The first-order chi connectivity index (χ1) is 15.4. The first-order valence-electron chi connectivity index (χ1n) is 12.2. The summed E-state index contributed by atoms with van der Waals surface area (Å²) in [6.45, 7) is 10.9. The van der Waals surface area contributed by atoms with Gasteiger partial charge in [-0.05, 0) is 52.6 Å². The van der Waals surface area contributed by atoms with Crippen LogP contribution in [-0.2, 0) is 22.6 Å². The van der Waals surface area contributed by atoms with Crippen LogP contribution in [0.25, 0.3) is 0 Å². The Bertz CT molecular complexity index is 832. The first-order valence-corrected chi connectivity index (χ1v) is 12.2. The van der Waals surface area contributed by atoms with Crippen molar-refractivity contribution in [3.8, 4) is 0 Å². The van der Waals surface area contributed by atoms with Crippen LogP contribution in [0.4, 0.5) is 5.82 Å². The molecule has 0 unspecified atom stereocenters. The average Bonchev–Trinajstić information content (AvgIpc) is 2.82. The van der Waals surface area contributed by atoms with E-state index in [1.54, 1.807) is 6.92 Å². The van der Waals surface area contributed by atoms with Crippen LogP contribution in [0.1, 0.15) is 69.5 Å². The van der Waals surface area contributed by atoms with Gasteiger partial charge in [-0.3, -0.25) is 9.59 Å². The lowest BCUT2D eigenvalue weighted by Gasteiger charge is -2.38. The SMILES string of the molecule is CNc1nc([C@H]2CCCN(C(=O)C3CCN(C(C)C)CC3)C2)nc2c1CN(C(C)=O)CC2. The van der Waals surface area contributed by atoms with Gasteiger partial charge in [-0.25, -0.2) is 9.97 Å². The van der Waals surface area contributed by atoms with Crippen LogP contribution in [0.5, 0.6) is 0 Å². The van der Waals surface area contributed by atoms with E-state index in [0.717, 1.165) is 74.6 Å². The molecule has 3 aliphatic heterocycles. The highest BCUT2D eigenvalue weighted by Crippen LogP contribution is 2.31. The molecule has 0 saturated carbocycles. The molecule has 0 spiro atoms. The van der Waals surface area contributed by atoms with Crippen molar-refractivity contribution in [3.05, 3.63) is 17.1 Å². The number of aromatic nitrogens is 2. The van der Waals surface area contributed by atoms with Crippen molar-refractivity contribution in [2.24, 2.45) is 5.92 Å². The van der Waals surface area contributed by atoms with Crippen molar-refractivity contribution in [2.75, 3.05) is 45.1 Å². The molecule has 2 amide bonds. The number of hydrogen-bond donors (Lipinski definition) is 1. The number of piperidine rings is 2. The Hall–Kier alpha value is -2.22. The number of nitrogens with zero attached hydrogens (tertiary/aromatic N) is 5. The lowest BCUT2D eigenvalue weighted by molar-refractivity contribution is -0.138. The molecule has 0 aliphatic carbocycles. The van der Waals surface area contributed by atoms with Crippen LogP contribution < -0.4 is 5.32 Å². The molecule has 1 aromatic rings. The molecule has 4 heterocycles. The van der Waals surface area contributed by atoms with Gasteiger partial charge in [0.1, 0.15) is 11.6 Å². The maximum atomic E-state index is 13.3. The molecule has 2 fully saturated rings. The predicted octanol–water partition coefficient (Wildman–Crippen LogP) is 2.25. The monoisotopic (exact) mass is 442 g/mol. The number of anilines is 1. The van der Waals surface area contributed by atoms with Gasteiger partial charge >= 0.3 is 0 Å². The second-order valence-corrected chi connectivity index (χ2v) is 9.82. The average molecular weight is 443 g/mol. The van der Waals surface area contributed by atoms with Gasteiger partial charge in [0.15, 0.2) is 0 Å². The molecule has 0 bridgehead atoms. The smallest absolute Gasteiger partial charge is 0.225 e. The highest BCUT2D eigenvalue weighted by atomic mass is 16.2. The van der Waals surface area contributed by atoms with Gasteiger partial charge in [-0.15, -0.1) is 0 Å². The summed E-state index contributed by atoms with van der Waals surface area (Å²) in [4.78, 5) is 41.3. The molecular formula is C24H38N6O2. The van der Waals surface area contributed by atoms with E-state index in [2.05, 4.69) is 29.0 Å². The fraction of sp³-hybridized carbons (Fsp3) is 0.750. The molecule has 1 N–H and O–H groups in total. The van der Waals surface area contributed by atoms with Gasteiger partial charge in [0.05, 0.1) is 12.2 Å². The molecule has 4 rings (SSSR count). The number of carbonyl (C=O) groups is 2. The molecule has 0 radical (unpaired) electrons. The van der Waals surface area contributed by atoms with Crippen molar-refractivity contribution in [2.45, 2.75) is 71.4 Å². The number of carbonyl (C=O) groups excluding carboxylic acids is 2. The fourth-order valence-corrected chi connectivity index (χ4v) is 5.40. The van der Waals surface area contributed by atoms with Crippen LogP contribution in [0.15, 0.2) is 0 Å². The van der Waals surface area contributed by atoms with Crippen molar-refractivity contribution in [1.82, 2.24) is 24.7 Å². The third-order valence-electron chi connectivity index (χ3n) is 7.47. The molecule has 32 heavy (non-hydrogen) atoms. The summed E-state index contributed by atoms with van der Waals surface area (Å²) < 4.78 is 0.